The third-order valence-corrected chi connectivity index (χ3v) is 6.69. The van der Waals surface area contributed by atoms with Crippen molar-refractivity contribution in [1.82, 2.24) is 19.5 Å². The first kappa shape index (κ1) is 18.9. The summed E-state index contributed by atoms with van der Waals surface area (Å²) in [5.74, 6) is 1.81. The Morgan fingerprint density at radius 3 is 2.63 bits per heavy atom. The topological polar surface area (TPSA) is 131 Å². The molecular weight excluding hydrogens is 404 g/mol. The average Bonchev–Trinajstić information content (AvgIpc) is 3.12. The molecule has 0 atom stereocenters. The molecule has 0 amide bonds. The van der Waals surface area contributed by atoms with Crippen LogP contribution in [0.1, 0.15) is 32.1 Å². The first-order valence-electron chi connectivity index (χ1n) is 9.79. The maximum absolute atomic E-state index is 11.4. The van der Waals surface area contributed by atoms with Crippen molar-refractivity contribution < 1.29 is 8.42 Å². The summed E-state index contributed by atoms with van der Waals surface area (Å²) < 4.78 is 25.1. The summed E-state index contributed by atoms with van der Waals surface area (Å²) in [7, 11) is -1.86. The summed E-state index contributed by atoms with van der Waals surface area (Å²) in [4.78, 5) is 13.2. The lowest BCUT2D eigenvalue weighted by Gasteiger charge is -2.40. The quantitative estimate of drug-likeness (QED) is 0.657. The van der Waals surface area contributed by atoms with Crippen LogP contribution in [0.5, 0.6) is 0 Å². The number of hydrogen-bond donors (Lipinski definition) is 2. The van der Waals surface area contributed by atoms with E-state index in [0.29, 0.717) is 11.8 Å². The van der Waals surface area contributed by atoms with Crippen molar-refractivity contribution in [3.8, 4) is 0 Å². The fourth-order valence-electron chi connectivity index (χ4n) is 4.28. The number of hydrazone groups is 1. The lowest BCUT2D eigenvalue weighted by molar-refractivity contribution is 0.290. The summed E-state index contributed by atoms with van der Waals surface area (Å²) in [6.45, 7) is 0. The zero-order valence-corrected chi connectivity index (χ0v) is 17.3. The fourth-order valence-corrected chi connectivity index (χ4v) is 4.73. The maximum Gasteiger partial charge on any atom is 0.239 e. The largest absolute Gasteiger partial charge is 0.309 e. The van der Waals surface area contributed by atoms with Crippen molar-refractivity contribution in [2.45, 2.75) is 42.5 Å². The number of anilines is 3. The van der Waals surface area contributed by atoms with Gasteiger partial charge in [-0.3, -0.25) is 9.58 Å². The van der Waals surface area contributed by atoms with Crippen molar-refractivity contribution in [2.75, 3.05) is 17.4 Å². The molecule has 1 aliphatic heterocycles. The zero-order chi connectivity index (χ0) is 20.9. The smallest absolute Gasteiger partial charge is 0.239 e. The predicted octanol–water partition coefficient (Wildman–Crippen LogP) is 2.31. The Hall–Kier alpha value is -3.05. The monoisotopic (exact) mass is 426 g/mol. The first-order valence-corrected chi connectivity index (χ1v) is 11.3. The van der Waals surface area contributed by atoms with Gasteiger partial charge in [-0.05, 0) is 31.0 Å². The van der Waals surface area contributed by atoms with E-state index in [1.54, 1.807) is 6.20 Å². The molecule has 0 bridgehead atoms. The molecule has 0 unspecified atom stereocenters. The number of nitrogens with zero attached hydrogens (tertiary/aromatic N) is 6. The van der Waals surface area contributed by atoms with Gasteiger partial charge in [0.25, 0.3) is 0 Å². The Bertz CT molecular complexity index is 1240. The molecule has 10 nitrogen and oxygen atoms in total. The number of primary sulfonamides is 1. The van der Waals surface area contributed by atoms with E-state index in [9.17, 15) is 8.42 Å². The van der Waals surface area contributed by atoms with Crippen LogP contribution in [0.2, 0.25) is 0 Å². The van der Waals surface area contributed by atoms with Crippen LogP contribution in [0.4, 0.5) is 17.6 Å². The minimum Gasteiger partial charge on any atom is -0.309 e. The second kappa shape index (κ2) is 6.74. The summed E-state index contributed by atoms with van der Waals surface area (Å²) in [5.41, 5.74) is 0.673. The lowest BCUT2D eigenvalue weighted by Crippen LogP contribution is -2.42. The molecule has 1 saturated carbocycles. The molecule has 1 spiro atoms. The highest BCUT2D eigenvalue weighted by Crippen LogP contribution is 2.42. The van der Waals surface area contributed by atoms with Crippen LogP contribution in [0.15, 0.2) is 40.6 Å². The van der Waals surface area contributed by atoms with E-state index in [2.05, 4.69) is 37.2 Å². The minimum atomic E-state index is -3.79. The number of fused-ring (bicyclic) bond motifs is 4. The SMILES string of the molecule is CN1N=CC2(CCCCC2)n2c1cc1cnc(Nc3ccc(S(N)(=O)=O)cn3)nc12. The Balaban J connectivity index is 1.54. The number of hydrogen-bond acceptors (Lipinski definition) is 8. The van der Waals surface area contributed by atoms with Gasteiger partial charge in [0.15, 0.2) is 0 Å². The van der Waals surface area contributed by atoms with E-state index >= 15 is 0 Å². The van der Waals surface area contributed by atoms with Gasteiger partial charge in [-0.25, -0.2) is 23.5 Å². The maximum atomic E-state index is 11.4. The number of nitrogens with one attached hydrogen (secondary N) is 1. The summed E-state index contributed by atoms with van der Waals surface area (Å²) >= 11 is 0. The normalized spacial score (nSPS) is 18.0. The Kier molecular flexibility index (Phi) is 4.26. The molecule has 2 aliphatic rings. The molecule has 1 aliphatic carbocycles. The Labute approximate surface area is 173 Å². The third-order valence-electron chi connectivity index (χ3n) is 5.79. The van der Waals surface area contributed by atoms with Crippen LogP contribution >= 0.6 is 0 Å². The predicted molar refractivity (Wildman–Crippen MR) is 114 cm³/mol. The molecule has 30 heavy (non-hydrogen) atoms. The summed E-state index contributed by atoms with van der Waals surface area (Å²) in [6, 6.07) is 4.99. The van der Waals surface area contributed by atoms with Crippen LogP contribution < -0.4 is 15.5 Å². The number of aromatic nitrogens is 4. The molecule has 0 saturated heterocycles. The molecule has 11 heteroatoms. The molecule has 3 N–H and O–H groups in total. The highest BCUT2D eigenvalue weighted by Gasteiger charge is 2.38. The van der Waals surface area contributed by atoms with Crippen LogP contribution in [0.25, 0.3) is 11.0 Å². The van der Waals surface area contributed by atoms with E-state index in [1.165, 1.54) is 24.8 Å². The van der Waals surface area contributed by atoms with E-state index in [4.69, 9.17) is 10.1 Å². The molecule has 156 valence electrons. The van der Waals surface area contributed by atoms with Gasteiger partial charge >= 0.3 is 0 Å². The van der Waals surface area contributed by atoms with Crippen LogP contribution in [-0.4, -0.2) is 41.2 Å². The second-order valence-electron chi connectivity index (χ2n) is 7.79. The van der Waals surface area contributed by atoms with Gasteiger partial charge in [0.05, 0.1) is 11.8 Å². The lowest BCUT2D eigenvalue weighted by atomic mass is 9.82. The standard InChI is InChI=1S/C19H22N8O2S/c1-26-16-9-13-10-22-18(24-15-6-5-14(11-21-15)30(20,28)29)25-17(13)27(16)19(12-23-26)7-3-2-4-8-19/h5-6,9-12H,2-4,7-8H2,1H3,(H2,20,28,29)(H,21,22,24,25). The second-order valence-corrected chi connectivity index (χ2v) is 9.35. The van der Waals surface area contributed by atoms with Crippen molar-refractivity contribution in [3.05, 3.63) is 30.6 Å². The average molecular weight is 427 g/mol. The minimum absolute atomic E-state index is 0.0494. The van der Waals surface area contributed by atoms with Gasteiger partial charge < -0.3 is 5.32 Å². The van der Waals surface area contributed by atoms with Crippen molar-refractivity contribution in [2.24, 2.45) is 10.2 Å². The van der Waals surface area contributed by atoms with E-state index in [0.717, 1.165) is 42.5 Å². The molecule has 0 aromatic carbocycles. The Morgan fingerprint density at radius 1 is 1.13 bits per heavy atom. The Morgan fingerprint density at radius 2 is 1.93 bits per heavy atom. The van der Waals surface area contributed by atoms with Crippen LogP contribution in [-0.2, 0) is 15.6 Å². The molecule has 5 rings (SSSR count). The van der Waals surface area contributed by atoms with E-state index in [-0.39, 0.29) is 10.4 Å². The first-order chi connectivity index (χ1) is 14.4. The molecule has 3 aromatic heterocycles. The van der Waals surface area contributed by atoms with Gasteiger partial charge in [0.1, 0.15) is 22.2 Å². The third kappa shape index (κ3) is 3.10. The number of rotatable bonds is 3. The molecular formula is C19H22N8O2S. The van der Waals surface area contributed by atoms with E-state index in [1.807, 2.05) is 12.1 Å². The fraction of sp³-hybridized carbons (Fsp3) is 0.368. The van der Waals surface area contributed by atoms with Crippen LogP contribution in [0.3, 0.4) is 0 Å². The highest BCUT2D eigenvalue weighted by molar-refractivity contribution is 7.89. The molecule has 4 heterocycles. The van der Waals surface area contributed by atoms with Crippen molar-refractivity contribution in [3.63, 3.8) is 0 Å². The van der Waals surface area contributed by atoms with Crippen LogP contribution in [0, 0.1) is 0 Å². The van der Waals surface area contributed by atoms with Gasteiger partial charge in [-0.15, -0.1) is 0 Å². The zero-order valence-electron chi connectivity index (χ0n) is 16.5. The van der Waals surface area contributed by atoms with Gasteiger partial charge in [0, 0.05) is 24.8 Å². The van der Waals surface area contributed by atoms with Gasteiger partial charge in [-0.1, -0.05) is 19.3 Å². The highest BCUT2D eigenvalue weighted by atomic mass is 32.2. The van der Waals surface area contributed by atoms with Gasteiger partial charge in [-0.2, -0.15) is 10.1 Å². The number of pyridine rings is 1. The number of sulfonamides is 1. The molecule has 1 fully saturated rings. The van der Waals surface area contributed by atoms with Crippen molar-refractivity contribution in [1.29, 1.82) is 0 Å². The van der Waals surface area contributed by atoms with Gasteiger partial charge in [0.2, 0.25) is 16.0 Å². The summed E-state index contributed by atoms with van der Waals surface area (Å²) in [6.07, 6.45) is 10.7. The molecule has 0 radical (unpaired) electrons. The number of nitrogens with two attached hydrogens (primary N) is 1. The van der Waals surface area contributed by atoms with E-state index < -0.39 is 10.0 Å². The summed E-state index contributed by atoms with van der Waals surface area (Å²) in [5, 5.41) is 15.6. The van der Waals surface area contributed by atoms with Crippen molar-refractivity contribution >= 4 is 44.9 Å². The molecule has 3 aromatic rings.